The Hall–Kier alpha value is -1.88. The van der Waals surface area contributed by atoms with Crippen LogP contribution in [0.5, 0.6) is 0 Å². The topological polar surface area (TPSA) is 61.4 Å². The monoisotopic (exact) mass is 289 g/mol. The molecular formula is C16H23N3O2. The van der Waals surface area contributed by atoms with Gasteiger partial charge in [-0.2, -0.15) is 0 Å². The lowest BCUT2D eigenvalue weighted by atomic mass is 9.97. The lowest BCUT2D eigenvalue weighted by Crippen LogP contribution is -2.41. The van der Waals surface area contributed by atoms with E-state index in [2.05, 4.69) is 22.6 Å². The minimum Gasteiger partial charge on any atom is -0.354 e. The molecule has 1 aliphatic rings. The van der Waals surface area contributed by atoms with E-state index in [-0.39, 0.29) is 18.4 Å². The van der Waals surface area contributed by atoms with Crippen LogP contribution in [-0.4, -0.2) is 49.9 Å². The maximum Gasteiger partial charge on any atom is 0.251 e. The number of benzene rings is 1. The van der Waals surface area contributed by atoms with Crippen LogP contribution in [0.25, 0.3) is 0 Å². The number of rotatable bonds is 5. The van der Waals surface area contributed by atoms with Gasteiger partial charge in [0.1, 0.15) is 0 Å². The van der Waals surface area contributed by atoms with Crippen molar-refractivity contribution in [2.45, 2.75) is 12.8 Å². The Morgan fingerprint density at radius 1 is 1.14 bits per heavy atom. The molecule has 1 saturated heterocycles. The summed E-state index contributed by atoms with van der Waals surface area (Å²) in [6, 6.07) is 8.91. The predicted molar refractivity (Wildman–Crippen MR) is 82.0 cm³/mol. The van der Waals surface area contributed by atoms with Crippen LogP contribution in [0.15, 0.2) is 30.3 Å². The molecule has 0 aromatic heterocycles. The minimum absolute atomic E-state index is 0.0281. The zero-order chi connectivity index (χ0) is 15.1. The molecule has 1 aromatic rings. The van der Waals surface area contributed by atoms with Gasteiger partial charge >= 0.3 is 0 Å². The van der Waals surface area contributed by atoms with Crippen LogP contribution in [0, 0.1) is 5.92 Å². The molecule has 114 valence electrons. The van der Waals surface area contributed by atoms with Crippen LogP contribution in [-0.2, 0) is 4.79 Å². The van der Waals surface area contributed by atoms with Crippen molar-refractivity contribution in [1.29, 1.82) is 0 Å². The maximum absolute atomic E-state index is 11.8. The van der Waals surface area contributed by atoms with E-state index in [1.54, 1.807) is 24.3 Å². The molecule has 0 saturated carbocycles. The van der Waals surface area contributed by atoms with Gasteiger partial charge in [-0.05, 0) is 51.0 Å². The van der Waals surface area contributed by atoms with E-state index in [1.807, 2.05) is 6.07 Å². The van der Waals surface area contributed by atoms with Gasteiger partial charge in [0.2, 0.25) is 5.91 Å². The first-order valence-electron chi connectivity index (χ1n) is 7.43. The highest BCUT2D eigenvalue weighted by atomic mass is 16.2. The summed E-state index contributed by atoms with van der Waals surface area (Å²) < 4.78 is 0. The average Bonchev–Trinajstić information content (AvgIpc) is 2.53. The van der Waals surface area contributed by atoms with Crippen LogP contribution in [0.2, 0.25) is 0 Å². The zero-order valence-corrected chi connectivity index (χ0v) is 12.5. The van der Waals surface area contributed by atoms with Gasteiger partial charge in [-0.15, -0.1) is 0 Å². The molecule has 5 heteroatoms. The molecule has 0 atom stereocenters. The van der Waals surface area contributed by atoms with Gasteiger partial charge in [-0.3, -0.25) is 9.59 Å². The van der Waals surface area contributed by atoms with Crippen LogP contribution in [0.4, 0.5) is 0 Å². The van der Waals surface area contributed by atoms with Crippen molar-refractivity contribution in [3.63, 3.8) is 0 Å². The first-order valence-corrected chi connectivity index (χ1v) is 7.43. The number of hydrogen-bond acceptors (Lipinski definition) is 3. The Morgan fingerprint density at radius 2 is 1.81 bits per heavy atom. The van der Waals surface area contributed by atoms with Crippen molar-refractivity contribution in [3.8, 4) is 0 Å². The van der Waals surface area contributed by atoms with E-state index in [4.69, 9.17) is 0 Å². The molecule has 1 aromatic carbocycles. The standard InChI is InChI=1S/C16H23N3O2/c1-19-9-7-13(8-10-19)11-17-15(20)12-18-16(21)14-5-3-2-4-6-14/h2-6,13H,7-12H2,1H3,(H,17,20)(H,18,21). The third kappa shape index (κ3) is 5.19. The molecule has 0 aliphatic carbocycles. The summed E-state index contributed by atoms with van der Waals surface area (Å²) in [5.41, 5.74) is 0.570. The SMILES string of the molecule is CN1CCC(CNC(=O)CNC(=O)c2ccccc2)CC1. The summed E-state index contributed by atoms with van der Waals surface area (Å²) in [6.45, 7) is 2.91. The molecule has 0 bridgehead atoms. The summed E-state index contributed by atoms with van der Waals surface area (Å²) in [6.07, 6.45) is 2.24. The molecule has 0 unspecified atom stereocenters. The fraction of sp³-hybridized carbons (Fsp3) is 0.500. The Kier molecular flexibility index (Phi) is 5.75. The Bertz CT molecular complexity index is 468. The molecule has 1 heterocycles. The molecule has 5 nitrogen and oxygen atoms in total. The highest BCUT2D eigenvalue weighted by Crippen LogP contribution is 2.14. The Balaban J connectivity index is 1.65. The van der Waals surface area contributed by atoms with E-state index in [0.717, 1.165) is 25.9 Å². The van der Waals surface area contributed by atoms with E-state index < -0.39 is 0 Å². The molecule has 2 rings (SSSR count). The highest BCUT2D eigenvalue weighted by molar-refractivity contribution is 5.96. The predicted octanol–water partition coefficient (Wildman–Crippen LogP) is 0.874. The molecule has 0 radical (unpaired) electrons. The van der Waals surface area contributed by atoms with Crippen molar-refractivity contribution in [2.75, 3.05) is 33.2 Å². The lowest BCUT2D eigenvalue weighted by molar-refractivity contribution is -0.120. The molecule has 1 fully saturated rings. The number of piperidine rings is 1. The van der Waals surface area contributed by atoms with Crippen molar-refractivity contribution >= 4 is 11.8 Å². The number of carbonyl (C=O) groups is 2. The van der Waals surface area contributed by atoms with E-state index >= 15 is 0 Å². The number of amides is 2. The highest BCUT2D eigenvalue weighted by Gasteiger charge is 2.17. The van der Waals surface area contributed by atoms with Crippen LogP contribution >= 0.6 is 0 Å². The lowest BCUT2D eigenvalue weighted by Gasteiger charge is -2.28. The van der Waals surface area contributed by atoms with Gasteiger partial charge in [0.25, 0.3) is 5.91 Å². The fourth-order valence-electron chi connectivity index (χ4n) is 2.44. The third-order valence-corrected chi connectivity index (χ3v) is 3.87. The third-order valence-electron chi connectivity index (χ3n) is 3.87. The molecule has 1 aliphatic heterocycles. The van der Waals surface area contributed by atoms with E-state index in [1.165, 1.54) is 0 Å². The summed E-state index contributed by atoms with van der Waals surface area (Å²) in [4.78, 5) is 25.8. The number of carbonyl (C=O) groups excluding carboxylic acids is 2. The normalized spacial score (nSPS) is 16.4. The van der Waals surface area contributed by atoms with Crippen molar-refractivity contribution < 1.29 is 9.59 Å². The summed E-state index contributed by atoms with van der Waals surface area (Å²) in [7, 11) is 2.12. The van der Waals surface area contributed by atoms with Crippen molar-refractivity contribution in [2.24, 2.45) is 5.92 Å². The zero-order valence-electron chi connectivity index (χ0n) is 12.5. The number of hydrogen-bond donors (Lipinski definition) is 2. The van der Waals surface area contributed by atoms with Crippen LogP contribution in [0.3, 0.4) is 0 Å². The van der Waals surface area contributed by atoms with Gasteiger partial charge in [-0.1, -0.05) is 18.2 Å². The first-order chi connectivity index (χ1) is 10.1. The average molecular weight is 289 g/mol. The van der Waals surface area contributed by atoms with Crippen LogP contribution < -0.4 is 10.6 Å². The minimum atomic E-state index is -0.218. The van der Waals surface area contributed by atoms with Crippen LogP contribution in [0.1, 0.15) is 23.2 Å². The maximum atomic E-state index is 11.8. The molecule has 2 N–H and O–H groups in total. The quantitative estimate of drug-likeness (QED) is 0.846. The van der Waals surface area contributed by atoms with E-state index in [0.29, 0.717) is 18.0 Å². The largest absolute Gasteiger partial charge is 0.354 e. The van der Waals surface area contributed by atoms with Gasteiger partial charge < -0.3 is 15.5 Å². The van der Waals surface area contributed by atoms with Gasteiger partial charge in [-0.25, -0.2) is 0 Å². The first kappa shape index (κ1) is 15.5. The second-order valence-corrected chi connectivity index (χ2v) is 5.60. The van der Waals surface area contributed by atoms with Gasteiger partial charge in [0.15, 0.2) is 0 Å². The van der Waals surface area contributed by atoms with E-state index in [9.17, 15) is 9.59 Å². The number of likely N-dealkylation sites (tertiary alicyclic amines) is 1. The summed E-state index contributed by atoms with van der Waals surface area (Å²) in [5, 5.41) is 5.54. The molecule has 0 spiro atoms. The van der Waals surface area contributed by atoms with Gasteiger partial charge in [0, 0.05) is 12.1 Å². The number of nitrogens with one attached hydrogen (secondary N) is 2. The molecule has 2 amide bonds. The van der Waals surface area contributed by atoms with Gasteiger partial charge in [0.05, 0.1) is 6.54 Å². The second kappa shape index (κ2) is 7.78. The Morgan fingerprint density at radius 3 is 2.48 bits per heavy atom. The fourth-order valence-corrected chi connectivity index (χ4v) is 2.44. The Labute approximate surface area is 125 Å². The smallest absolute Gasteiger partial charge is 0.251 e. The van der Waals surface area contributed by atoms with Crippen molar-refractivity contribution in [3.05, 3.63) is 35.9 Å². The second-order valence-electron chi connectivity index (χ2n) is 5.60. The molecule has 21 heavy (non-hydrogen) atoms. The summed E-state index contributed by atoms with van der Waals surface area (Å²) in [5.74, 6) is 0.207. The number of nitrogens with zero attached hydrogens (tertiary/aromatic N) is 1. The summed E-state index contributed by atoms with van der Waals surface area (Å²) >= 11 is 0. The van der Waals surface area contributed by atoms with Crippen molar-refractivity contribution in [1.82, 2.24) is 15.5 Å². The molecular weight excluding hydrogens is 266 g/mol.